The lowest BCUT2D eigenvalue weighted by Crippen LogP contribution is -2.11. The molecule has 1 atom stereocenters. The first-order valence-corrected chi connectivity index (χ1v) is 7.98. The number of nitrogens with zero attached hydrogens (tertiary/aromatic N) is 3. The number of para-hydroxylation sites is 1. The van der Waals surface area contributed by atoms with E-state index in [-0.39, 0.29) is 17.5 Å². The van der Waals surface area contributed by atoms with E-state index in [4.69, 9.17) is 9.47 Å². The fraction of sp³-hybridized carbons (Fsp3) is 0.278. The van der Waals surface area contributed by atoms with Crippen molar-refractivity contribution in [3.63, 3.8) is 0 Å². The smallest absolute Gasteiger partial charge is 0.316 e. The normalized spacial score (nSPS) is 12.0. The molecule has 2 heterocycles. The first kappa shape index (κ1) is 16.9. The van der Waals surface area contributed by atoms with Gasteiger partial charge in [-0.15, -0.1) is 0 Å². The molecule has 6 nitrogen and oxygen atoms in total. The molecule has 0 radical (unpaired) electrons. The first-order chi connectivity index (χ1) is 12.2. The highest BCUT2D eigenvalue weighted by Crippen LogP contribution is 2.35. The van der Waals surface area contributed by atoms with E-state index in [1.54, 1.807) is 24.8 Å². The van der Waals surface area contributed by atoms with Gasteiger partial charge in [0.05, 0.1) is 20.0 Å². The highest BCUT2D eigenvalue weighted by molar-refractivity contribution is 5.42. The van der Waals surface area contributed by atoms with Crippen molar-refractivity contribution in [3.8, 4) is 11.8 Å². The monoisotopic (exact) mass is 342 g/mol. The van der Waals surface area contributed by atoms with Crippen molar-refractivity contribution in [2.24, 2.45) is 0 Å². The highest BCUT2D eigenvalue weighted by atomic mass is 19.1. The van der Waals surface area contributed by atoms with Crippen molar-refractivity contribution in [2.75, 3.05) is 13.7 Å². The third-order valence-corrected chi connectivity index (χ3v) is 3.84. The van der Waals surface area contributed by atoms with Crippen LogP contribution < -0.4 is 9.47 Å². The number of benzene rings is 1. The molecule has 0 amide bonds. The van der Waals surface area contributed by atoms with E-state index >= 15 is 0 Å². The Morgan fingerprint density at radius 1 is 1.28 bits per heavy atom. The Morgan fingerprint density at radius 3 is 2.88 bits per heavy atom. The number of nitrogens with one attached hydrogen (secondary N) is 1. The molecule has 3 aromatic rings. The molecule has 1 unspecified atom stereocenters. The Labute approximate surface area is 145 Å². The maximum absolute atomic E-state index is 14.3. The van der Waals surface area contributed by atoms with Gasteiger partial charge >= 0.3 is 6.01 Å². The summed E-state index contributed by atoms with van der Waals surface area (Å²) in [5.41, 5.74) is 2.37. The quantitative estimate of drug-likeness (QED) is 0.714. The fourth-order valence-electron chi connectivity index (χ4n) is 2.74. The molecule has 3 rings (SSSR count). The van der Waals surface area contributed by atoms with Crippen LogP contribution in [0.15, 0.2) is 43.0 Å². The maximum atomic E-state index is 14.3. The third-order valence-electron chi connectivity index (χ3n) is 3.84. The summed E-state index contributed by atoms with van der Waals surface area (Å²) < 4.78 is 24.9. The van der Waals surface area contributed by atoms with Gasteiger partial charge < -0.3 is 14.5 Å². The fourth-order valence-corrected chi connectivity index (χ4v) is 2.74. The van der Waals surface area contributed by atoms with Crippen molar-refractivity contribution < 1.29 is 13.9 Å². The Kier molecular flexibility index (Phi) is 5.23. The van der Waals surface area contributed by atoms with Crippen LogP contribution in [0.1, 0.15) is 29.8 Å². The third kappa shape index (κ3) is 3.76. The van der Waals surface area contributed by atoms with Crippen molar-refractivity contribution in [1.82, 2.24) is 19.9 Å². The van der Waals surface area contributed by atoms with Gasteiger partial charge in [0.2, 0.25) is 0 Å². The molecule has 130 valence electrons. The lowest BCUT2D eigenvalue weighted by Gasteiger charge is -2.19. The molecule has 1 aromatic carbocycles. The molecule has 1 N–H and O–H groups in total. The van der Waals surface area contributed by atoms with Crippen LogP contribution in [0.3, 0.4) is 0 Å². The molecular weight excluding hydrogens is 323 g/mol. The summed E-state index contributed by atoms with van der Waals surface area (Å²) in [4.78, 5) is 15.6. The minimum Gasteiger partial charge on any atom is -0.490 e. The topological polar surface area (TPSA) is 72.9 Å². The number of hydrogen-bond acceptors (Lipinski definition) is 5. The van der Waals surface area contributed by atoms with Crippen molar-refractivity contribution in [2.45, 2.75) is 19.3 Å². The number of aromatic nitrogens is 4. The van der Waals surface area contributed by atoms with Gasteiger partial charge in [0.25, 0.3) is 0 Å². The van der Waals surface area contributed by atoms with Crippen molar-refractivity contribution in [3.05, 3.63) is 65.8 Å². The van der Waals surface area contributed by atoms with Crippen LogP contribution >= 0.6 is 0 Å². The summed E-state index contributed by atoms with van der Waals surface area (Å²) >= 11 is 0. The Morgan fingerprint density at radius 2 is 2.16 bits per heavy atom. The van der Waals surface area contributed by atoms with E-state index in [0.717, 1.165) is 17.0 Å². The summed E-state index contributed by atoms with van der Waals surface area (Å²) in [6.07, 6.45) is 5.48. The van der Waals surface area contributed by atoms with Crippen LogP contribution in [0, 0.1) is 5.82 Å². The van der Waals surface area contributed by atoms with Gasteiger partial charge in [-0.1, -0.05) is 12.1 Å². The van der Waals surface area contributed by atoms with Crippen LogP contribution in [-0.4, -0.2) is 33.7 Å². The molecule has 0 aliphatic rings. The van der Waals surface area contributed by atoms with E-state index in [1.807, 2.05) is 19.1 Å². The number of imidazole rings is 1. The zero-order valence-corrected chi connectivity index (χ0v) is 14.1. The first-order valence-electron chi connectivity index (χ1n) is 7.98. The molecule has 0 aliphatic carbocycles. The minimum atomic E-state index is -0.385. The average molecular weight is 342 g/mol. The summed E-state index contributed by atoms with van der Waals surface area (Å²) in [5.74, 6) is -0.325. The van der Waals surface area contributed by atoms with Crippen molar-refractivity contribution >= 4 is 0 Å². The Bertz CT molecular complexity index is 824. The van der Waals surface area contributed by atoms with Gasteiger partial charge in [-0.2, -0.15) is 0 Å². The highest BCUT2D eigenvalue weighted by Gasteiger charge is 2.23. The number of ether oxygens (including phenoxy) is 2. The SMILES string of the molecule is CCOc1c(F)cccc1C(Cc1ccnc(OC)n1)c1cnc[nH]1. The van der Waals surface area contributed by atoms with Gasteiger partial charge in [-0.05, 0) is 19.1 Å². The molecular formula is C18H19FN4O2. The summed E-state index contributed by atoms with van der Waals surface area (Å²) in [7, 11) is 1.52. The second-order valence-electron chi connectivity index (χ2n) is 5.39. The van der Waals surface area contributed by atoms with E-state index < -0.39 is 0 Å². The number of methoxy groups -OCH3 is 1. The van der Waals surface area contributed by atoms with Crippen LogP contribution in [0.4, 0.5) is 4.39 Å². The molecule has 0 saturated heterocycles. The molecule has 0 fully saturated rings. The van der Waals surface area contributed by atoms with Gasteiger partial charge in [0, 0.05) is 41.7 Å². The van der Waals surface area contributed by atoms with Gasteiger partial charge in [-0.3, -0.25) is 0 Å². The van der Waals surface area contributed by atoms with Gasteiger partial charge in [0.15, 0.2) is 11.6 Å². The largest absolute Gasteiger partial charge is 0.490 e. The van der Waals surface area contributed by atoms with Crippen LogP contribution in [0.25, 0.3) is 0 Å². The van der Waals surface area contributed by atoms with E-state index in [1.165, 1.54) is 13.2 Å². The van der Waals surface area contributed by atoms with E-state index in [9.17, 15) is 4.39 Å². The van der Waals surface area contributed by atoms with E-state index in [0.29, 0.717) is 19.0 Å². The van der Waals surface area contributed by atoms with Crippen LogP contribution in [0.5, 0.6) is 11.8 Å². The lowest BCUT2D eigenvalue weighted by atomic mass is 9.90. The predicted molar refractivity (Wildman–Crippen MR) is 90.3 cm³/mol. The summed E-state index contributed by atoms with van der Waals surface area (Å²) in [5, 5.41) is 0. The minimum absolute atomic E-state index is 0.195. The predicted octanol–water partition coefficient (Wildman–Crippen LogP) is 3.12. The Balaban J connectivity index is 2.03. The number of aromatic amines is 1. The molecule has 0 aliphatic heterocycles. The van der Waals surface area contributed by atoms with Crippen LogP contribution in [-0.2, 0) is 6.42 Å². The number of halogens is 1. The van der Waals surface area contributed by atoms with Crippen molar-refractivity contribution in [1.29, 1.82) is 0 Å². The zero-order chi connectivity index (χ0) is 17.6. The maximum Gasteiger partial charge on any atom is 0.316 e. The van der Waals surface area contributed by atoms with Gasteiger partial charge in [-0.25, -0.2) is 19.3 Å². The molecule has 2 aromatic heterocycles. The zero-order valence-electron chi connectivity index (χ0n) is 14.1. The van der Waals surface area contributed by atoms with Gasteiger partial charge in [0.1, 0.15) is 0 Å². The van der Waals surface area contributed by atoms with Crippen LogP contribution in [0.2, 0.25) is 0 Å². The van der Waals surface area contributed by atoms with E-state index in [2.05, 4.69) is 19.9 Å². The Hall–Kier alpha value is -2.96. The number of H-pyrrole nitrogens is 1. The average Bonchev–Trinajstić information content (AvgIpc) is 3.16. The second kappa shape index (κ2) is 7.74. The summed E-state index contributed by atoms with van der Waals surface area (Å²) in [6, 6.07) is 7.04. The molecule has 0 spiro atoms. The standard InChI is InChI=1S/C18H19FN4O2/c1-3-25-17-13(5-4-6-15(17)19)14(16-10-20-11-22-16)9-12-7-8-21-18(23-12)24-2/h4-8,10-11,14H,3,9H2,1-2H3,(H,20,22). The number of rotatable bonds is 7. The lowest BCUT2D eigenvalue weighted by molar-refractivity contribution is 0.316. The summed E-state index contributed by atoms with van der Waals surface area (Å²) in [6.45, 7) is 2.21. The molecule has 0 saturated carbocycles. The molecule has 0 bridgehead atoms. The molecule has 25 heavy (non-hydrogen) atoms. The second-order valence-corrected chi connectivity index (χ2v) is 5.39. The molecule has 7 heteroatoms. The number of hydrogen-bond donors (Lipinski definition) is 1.